The Bertz CT molecular complexity index is 887. The molecule has 0 radical (unpaired) electrons. The fourth-order valence-corrected chi connectivity index (χ4v) is 2.59. The van der Waals surface area contributed by atoms with E-state index in [1.54, 1.807) is 31.4 Å². The minimum Gasteiger partial charge on any atom is -0.497 e. The van der Waals surface area contributed by atoms with Gasteiger partial charge >= 0.3 is 11.8 Å². The van der Waals surface area contributed by atoms with Gasteiger partial charge in [0.2, 0.25) is 0 Å². The van der Waals surface area contributed by atoms with Crippen LogP contribution in [0.2, 0.25) is 0 Å². The molecule has 6 nitrogen and oxygen atoms in total. The minimum atomic E-state index is -0.674. The molecule has 0 unspecified atom stereocenters. The first-order valence-electron chi connectivity index (χ1n) is 7.95. The number of aromatic amines is 1. The minimum absolute atomic E-state index is 0.366. The van der Waals surface area contributed by atoms with Crippen LogP contribution in [0, 0.1) is 0 Å². The maximum atomic E-state index is 11.9. The lowest BCUT2D eigenvalue weighted by Gasteiger charge is -2.06. The number of hydrogen-bond acceptors (Lipinski definition) is 3. The molecule has 1 aromatic heterocycles. The van der Waals surface area contributed by atoms with Crippen LogP contribution in [0.3, 0.4) is 0 Å². The van der Waals surface area contributed by atoms with Gasteiger partial charge in [0.15, 0.2) is 0 Å². The SMILES string of the molecule is COc1ccc2[nH]cc(CCNC(=O)C(=O)Nc3ccccc3)c2c1. The van der Waals surface area contributed by atoms with Crippen LogP contribution in [0.15, 0.2) is 54.7 Å². The highest BCUT2D eigenvalue weighted by Gasteiger charge is 2.13. The van der Waals surface area contributed by atoms with Crippen LogP contribution < -0.4 is 15.4 Å². The average Bonchev–Trinajstić information content (AvgIpc) is 3.04. The Labute approximate surface area is 145 Å². The monoisotopic (exact) mass is 337 g/mol. The number of nitrogens with one attached hydrogen (secondary N) is 3. The highest BCUT2D eigenvalue weighted by molar-refractivity contribution is 6.39. The van der Waals surface area contributed by atoms with Crippen molar-refractivity contribution in [1.29, 1.82) is 0 Å². The van der Waals surface area contributed by atoms with E-state index < -0.39 is 11.8 Å². The van der Waals surface area contributed by atoms with Gasteiger partial charge in [-0.2, -0.15) is 0 Å². The number of carbonyl (C=O) groups excluding carboxylic acids is 2. The number of anilines is 1. The molecule has 0 aliphatic carbocycles. The Morgan fingerprint density at radius 3 is 2.64 bits per heavy atom. The van der Waals surface area contributed by atoms with E-state index in [9.17, 15) is 9.59 Å². The van der Waals surface area contributed by atoms with Crippen molar-refractivity contribution in [2.24, 2.45) is 0 Å². The Morgan fingerprint density at radius 1 is 1.08 bits per heavy atom. The van der Waals surface area contributed by atoms with Gasteiger partial charge < -0.3 is 20.4 Å². The third-order valence-corrected chi connectivity index (χ3v) is 3.89. The number of carbonyl (C=O) groups is 2. The molecule has 0 aliphatic rings. The molecular formula is C19H19N3O3. The van der Waals surface area contributed by atoms with Crippen molar-refractivity contribution in [2.45, 2.75) is 6.42 Å². The highest BCUT2D eigenvalue weighted by Crippen LogP contribution is 2.23. The third-order valence-electron chi connectivity index (χ3n) is 3.89. The van der Waals surface area contributed by atoms with Crippen LogP contribution in [0.25, 0.3) is 10.9 Å². The van der Waals surface area contributed by atoms with Gasteiger partial charge in [0.05, 0.1) is 7.11 Å². The van der Waals surface area contributed by atoms with E-state index in [0.29, 0.717) is 18.7 Å². The van der Waals surface area contributed by atoms with Crippen molar-refractivity contribution in [1.82, 2.24) is 10.3 Å². The van der Waals surface area contributed by atoms with Gasteiger partial charge in [-0.05, 0) is 42.3 Å². The standard InChI is InChI=1S/C19H19N3O3/c1-25-15-7-8-17-16(11-15)13(12-21-17)9-10-20-18(23)19(24)22-14-5-3-2-4-6-14/h2-8,11-12,21H,9-10H2,1H3,(H,20,23)(H,22,24). The Balaban J connectivity index is 1.55. The molecule has 0 fully saturated rings. The molecule has 0 atom stereocenters. The number of amides is 2. The summed E-state index contributed by atoms with van der Waals surface area (Å²) in [5.74, 6) is -0.548. The van der Waals surface area contributed by atoms with Crippen LogP contribution in [0.1, 0.15) is 5.56 Å². The first kappa shape index (κ1) is 16.6. The Kier molecular flexibility index (Phi) is 4.99. The molecular weight excluding hydrogens is 318 g/mol. The van der Waals surface area contributed by atoms with Gasteiger partial charge in [-0.15, -0.1) is 0 Å². The highest BCUT2D eigenvalue weighted by atomic mass is 16.5. The van der Waals surface area contributed by atoms with E-state index in [0.717, 1.165) is 22.2 Å². The number of hydrogen-bond donors (Lipinski definition) is 3. The van der Waals surface area contributed by atoms with E-state index in [1.165, 1.54) is 0 Å². The molecule has 1 heterocycles. The first-order chi connectivity index (χ1) is 12.2. The smallest absolute Gasteiger partial charge is 0.313 e. The van der Waals surface area contributed by atoms with E-state index in [-0.39, 0.29) is 0 Å². The molecule has 0 spiro atoms. The van der Waals surface area contributed by atoms with Gasteiger partial charge in [0.25, 0.3) is 0 Å². The second-order valence-corrected chi connectivity index (χ2v) is 5.55. The van der Waals surface area contributed by atoms with Crippen molar-refractivity contribution >= 4 is 28.4 Å². The largest absolute Gasteiger partial charge is 0.497 e. The number of benzene rings is 2. The summed E-state index contributed by atoms with van der Waals surface area (Å²) in [6.07, 6.45) is 2.51. The van der Waals surface area contributed by atoms with E-state index >= 15 is 0 Å². The van der Waals surface area contributed by atoms with Gasteiger partial charge in [-0.3, -0.25) is 9.59 Å². The summed E-state index contributed by atoms with van der Waals surface area (Å²) in [6.45, 7) is 0.366. The average molecular weight is 337 g/mol. The molecule has 2 aromatic carbocycles. The lowest BCUT2D eigenvalue weighted by atomic mass is 10.1. The molecule has 3 rings (SSSR count). The van der Waals surface area contributed by atoms with Gasteiger partial charge in [-0.1, -0.05) is 18.2 Å². The summed E-state index contributed by atoms with van der Waals surface area (Å²) in [5, 5.41) is 6.24. The van der Waals surface area contributed by atoms with E-state index in [2.05, 4.69) is 15.6 Å². The molecule has 0 aliphatic heterocycles. The molecule has 6 heteroatoms. The summed E-state index contributed by atoms with van der Waals surface area (Å²) >= 11 is 0. The molecule has 0 bridgehead atoms. The molecule has 3 aromatic rings. The molecule has 2 amide bonds. The zero-order valence-corrected chi connectivity index (χ0v) is 13.8. The zero-order valence-electron chi connectivity index (χ0n) is 13.8. The molecule has 0 saturated heterocycles. The van der Waals surface area contributed by atoms with Crippen molar-refractivity contribution in [3.63, 3.8) is 0 Å². The number of ether oxygens (including phenoxy) is 1. The van der Waals surface area contributed by atoms with Crippen LogP contribution in [-0.4, -0.2) is 30.5 Å². The lowest BCUT2D eigenvalue weighted by Crippen LogP contribution is -2.36. The van der Waals surface area contributed by atoms with Crippen LogP contribution in [0.5, 0.6) is 5.75 Å². The first-order valence-corrected chi connectivity index (χ1v) is 7.95. The predicted octanol–water partition coefficient (Wildman–Crippen LogP) is 2.47. The Morgan fingerprint density at radius 2 is 1.88 bits per heavy atom. The van der Waals surface area contributed by atoms with Gasteiger partial charge in [-0.25, -0.2) is 0 Å². The van der Waals surface area contributed by atoms with Crippen molar-refractivity contribution in [3.8, 4) is 5.75 Å². The predicted molar refractivity (Wildman–Crippen MR) is 96.6 cm³/mol. The van der Waals surface area contributed by atoms with Crippen molar-refractivity contribution in [3.05, 3.63) is 60.3 Å². The second kappa shape index (κ2) is 7.53. The summed E-state index contributed by atoms with van der Waals surface area (Å²) in [6, 6.07) is 14.7. The van der Waals surface area contributed by atoms with Crippen molar-refractivity contribution in [2.75, 3.05) is 19.0 Å². The fourth-order valence-electron chi connectivity index (χ4n) is 2.59. The number of fused-ring (bicyclic) bond motifs is 1. The summed E-state index contributed by atoms with van der Waals surface area (Å²) in [7, 11) is 1.62. The number of H-pyrrole nitrogens is 1. The van der Waals surface area contributed by atoms with E-state index in [4.69, 9.17) is 4.74 Å². The Hall–Kier alpha value is -3.28. The maximum absolute atomic E-state index is 11.9. The second-order valence-electron chi connectivity index (χ2n) is 5.55. The number of para-hydroxylation sites is 1. The molecule has 3 N–H and O–H groups in total. The summed E-state index contributed by atoms with van der Waals surface area (Å²) in [5.41, 5.74) is 2.65. The van der Waals surface area contributed by atoms with E-state index in [1.807, 2.05) is 30.5 Å². The van der Waals surface area contributed by atoms with Crippen molar-refractivity contribution < 1.29 is 14.3 Å². The van der Waals surface area contributed by atoms with Crippen LogP contribution >= 0.6 is 0 Å². The normalized spacial score (nSPS) is 10.4. The maximum Gasteiger partial charge on any atom is 0.313 e. The summed E-state index contributed by atoms with van der Waals surface area (Å²) in [4.78, 5) is 26.9. The third kappa shape index (κ3) is 3.98. The number of methoxy groups -OCH3 is 1. The number of aromatic nitrogens is 1. The number of rotatable bonds is 5. The molecule has 0 saturated carbocycles. The zero-order chi connectivity index (χ0) is 17.6. The molecule has 25 heavy (non-hydrogen) atoms. The fraction of sp³-hybridized carbons (Fsp3) is 0.158. The topological polar surface area (TPSA) is 83.2 Å². The van der Waals surface area contributed by atoms with Gasteiger partial charge in [0.1, 0.15) is 5.75 Å². The summed E-state index contributed by atoms with van der Waals surface area (Å²) < 4.78 is 5.24. The van der Waals surface area contributed by atoms with Gasteiger partial charge in [0, 0.05) is 29.3 Å². The van der Waals surface area contributed by atoms with Crippen LogP contribution in [0.4, 0.5) is 5.69 Å². The molecule has 128 valence electrons. The quantitative estimate of drug-likeness (QED) is 0.626. The lowest BCUT2D eigenvalue weighted by molar-refractivity contribution is -0.136. The van der Waals surface area contributed by atoms with Crippen LogP contribution in [-0.2, 0) is 16.0 Å².